The van der Waals surface area contributed by atoms with Gasteiger partial charge in [-0.05, 0) is 193 Å². The van der Waals surface area contributed by atoms with Crippen LogP contribution in [0.2, 0.25) is 0 Å². The number of anilines is 1. The third kappa shape index (κ3) is 16.2. The molecular formula is C56H63N8O4P5S2. The number of fused-ring (bicyclic) bond motifs is 3. The van der Waals surface area contributed by atoms with Crippen molar-refractivity contribution in [1.82, 2.24) is 9.56 Å². The van der Waals surface area contributed by atoms with Gasteiger partial charge < -0.3 is 23.2 Å². The number of aryl methyl sites for hydroxylation is 1. The summed E-state index contributed by atoms with van der Waals surface area (Å²) in [5.74, 6) is 9.73. The fourth-order valence-electron chi connectivity index (χ4n) is 8.65. The van der Waals surface area contributed by atoms with Crippen molar-refractivity contribution in [2.75, 3.05) is 38.7 Å². The second-order valence-electron chi connectivity index (χ2n) is 17.7. The quantitative estimate of drug-likeness (QED) is 0.0227. The number of unbranched alkanes of at least 4 members (excludes halogenated alkanes) is 2. The number of hydrogen-bond donors (Lipinski definition) is 0. The Morgan fingerprint density at radius 2 is 1.17 bits per heavy atom. The predicted octanol–water partition coefficient (Wildman–Crippen LogP) is 16.4. The van der Waals surface area contributed by atoms with Crippen molar-refractivity contribution in [2.24, 2.45) is 24.4 Å². The topological polar surface area (TPSA) is 108 Å². The first-order chi connectivity index (χ1) is 36.5. The van der Waals surface area contributed by atoms with Gasteiger partial charge in [-0.2, -0.15) is 10.2 Å². The molecule has 388 valence electrons. The van der Waals surface area contributed by atoms with Gasteiger partial charge in [-0.3, -0.25) is 0 Å². The zero-order chi connectivity index (χ0) is 53.0. The number of hydrogen-bond acceptors (Lipinski definition) is 9. The van der Waals surface area contributed by atoms with Gasteiger partial charge in [0, 0.05) is 51.9 Å². The van der Waals surface area contributed by atoms with Crippen LogP contribution in [0, 0.1) is 18.8 Å². The molecule has 0 saturated carbocycles. The van der Waals surface area contributed by atoms with Gasteiger partial charge in [0.05, 0.1) is 19.0 Å². The molecule has 0 saturated heterocycles. The van der Waals surface area contributed by atoms with E-state index in [-0.39, 0.29) is 5.41 Å². The Bertz CT molecular complexity index is 3090. The first kappa shape index (κ1) is 57.1. The van der Waals surface area contributed by atoms with Gasteiger partial charge >= 0.3 is 0 Å². The molecule has 6 aromatic carbocycles. The Morgan fingerprint density at radius 3 is 1.75 bits per heavy atom. The summed E-state index contributed by atoms with van der Waals surface area (Å²) in [6.45, 7) is 11.1. The van der Waals surface area contributed by atoms with Gasteiger partial charge in [0.25, 0.3) is 8.60 Å². The minimum atomic E-state index is -1.88. The van der Waals surface area contributed by atoms with Gasteiger partial charge in [-0.15, -0.1) is 14.2 Å². The molecule has 0 bridgehead atoms. The summed E-state index contributed by atoms with van der Waals surface area (Å²) in [4.78, 5) is 9.41. The number of likely N-dealkylation sites (N-methyl/N-ethyl adjacent to an activating group) is 1. The number of hydrazone groups is 2. The molecule has 2 unspecified atom stereocenters. The molecule has 1 aliphatic rings. The third-order valence-corrected chi connectivity index (χ3v) is 18.2. The Labute approximate surface area is 460 Å². The number of ether oxygens (including phenoxy) is 1. The maximum absolute atomic E-state index is 6.17. The van der Waals surface area contributed by atoms with Crippen LogP contribution in [0.5, 0.6) is 23.0 Å². The van der Waals surface area contributed by atoms with Gasteiger partial charge in [0.15, 0.2) is 8.52 Å². The van der Waals surface area contributed by atoms with E-state index < -0.39 is 14.1 Å². The lowest BCUT2D eigenvalue weighted by Gasteiger charge is -2.33. The van der Waals surface area contributed by atoms with Crippen LogP contribution in [0.4, 0.5) is 5.69 Å². The van der Waals surface area contributed by atoms with Crippen LogP contribution in [0.3, 0.4) is 0 Å². The molecule has 6 aromatic rings. The Kier molecular flexibility index (Phi) is 22.1. The van der Waals surface area contributed by atoms with Gasteiger partial charge in [0.1, 0.15) is 29.6 Å². The summed E-state index contributed by atoms with van der Waals surface area (Å²) in [6, 6.07) is 45.1. The van der Waals surface area contributed by atoms with Crippen molar-refractivity contribution in [2.45, 2.75) is 71.6 Å². The molecule has 0 aliphatic heterocycles. The summed E-state index contributed by atoms with van der Waals surface area (Å²) < 4.78 is 31.2. The minimum absolute atomic E-state index is 0.0504. The zero-order valence-electron chi connectivity index (χ0n) is 43.1. The second kappa shape index (κ2) is 29.1. The Hall–Kier alpha value is -5.58. The molecular weight excluding hydrogens is 1070 g/mol. The fraction of sp³-hybridized carbons (Fsp3) is 0.286. The Morgan fingerprint density at radius 1 is 0.653 bits per heavy atom. The van der Waals surface area contributed by atoms with Crippen molar-refractivity contribution in [1.29, 1.82) is 0 Å². The summed E-state index contributed by atoms with van der Waals surface area (Å²) in [6.07, 6.45) is 10.6. The highest BCUT2D eigenvalue weighted by atomic mass is 32.4. The number of rotatable bonds is 26. The summed E-state index contributed by atoms with van der Waals surface area (Å²) >= 11 is 11.4. The van der Waals surface area contributed by atoms with Crippen molar-refractivity contribution >= 4 is 82.0 Å². The molecule has 0 amide bonds. The third-order valence-electron chi connectivity index (χ3n) is 12.6. The van der Waals surface area contributed by atoms with E-state index >= 15 is 0 Å². The first-order valence-corrected chi connectivity index (χ1v) is 31.9. The molecule has 19 heteroatoms. The minimum Gasteiger partial charge on any atom is -0.492 e. The zero-order valence-corrected chi connectivity index (χ0v) is 49.6. The molecule has 2 atom stereocenters. The lowest BCUT2D eigenvalue weighted by molar-refractivity contribution is 0.324. The van der Waals surface area contributed by atoms with Crippen molar-refractivity contribution in [3.05, 3.63) is 172 Å². The summed E-state index contributed by atoms with van der Waals surface area (Å²) in [7, 11) is 3.66. The molecule has 0 N–H and O–H groups in total. The van der Waals surface area contributed by atoms with Crippen LogP contribution < -0.4 is 23.2 Å². The predicted molar refractivity (Wildman–Crippen MR) is 325 cm³/mol. The molecule has 0 spiro atoms. The number of nitrogens with zero attached hydrogens (tertiary/aromatic N) is 8. The normalized spacial score (nSPS) is 13.3. The highest BCUT2D eigenvalue weighted by molar-refractivity contribution is 8.02. The van der Waals surface area contributed by atoms with E-state index in [9.17, 15) is 0 Å². The second-order valence-corrected chi connectivity index (χ2v) is 24.2. The molecule has 0 fully saturated rings. The monoisotopic (exact) mass is 1130 g/mol. The van der Waals surface area contributed by atoms with E-state index in [4.69, 9.17) is 41.9 Å². The first-order valence-electron chi connectivity index (χ1n) is 24.9. The van der Waals surface area contributed by atoms with Crippen molar-refractivity contribution in [3.63, 3.8) is 0 Å². The summed E-state index contributed by atoms with van der Waals surface area (Å²) in [5.41, 5.74) is 12.1. The molecule has 75 heavy (non-hydrogen) atoms. The maximum Gasteiger partial charge on any atom is 0.253 e. The lowest BCUT2D eigenvalue weighted by Crippen LogP contribution is -2.28. The Balaban J connectivity index is 0.844. The van der Waals surface area contributed by atoms with E-state index in [1.807, 2.05) is 79.8 Å². The summed E-state index contributed by atoms with van der Waals surface area (Å²) in [5, 5.41) is 9.02. The van der Waals surface area contributed by atoms with Crippen LogP contribution in [0.25, 0.3) is 11.1 Å². The highest BCUT2D eigenvalue weighted by Gasteiger charge is 2.42. The van der Waals surface area contributed by atoms with Crippen molar-refractivity contribution < 1.29 is 18.3 Å². The molecule has 0 aromatic heterocycles. The van der Waals surface area contributed by atoms with Gasteiger partial charge in [-0.1, -0.05) is 81.2 Å². The highest BCUT2D eigenvalue weighted by Crippen LogP contribution is 2.54. The average Bonchev–Trinajstić information content (AvgIpc) is 3.69. The maximum atomic E-state index is 6.17. The van der Waals surface area contributed by atoms with Crippen LogP contribution >= 0.6 is 40.3 Å². The fourth-order valence-corrected chi connectivity index (χ4v) is 11.5. The van der Waals surface area contributed by atoms with E-state index in [1.54, 1.807) is 29.0 Å². The van der Waals surface area contributed by atoms with Crippen LogP contribution in [0.1, 0.15) is 98.2 Å². The van der Waals surface area contributed by atoms with E-state index in [0.717, 1.165) is 46.8 Å². The SMILES string of the molecule is CCCCC1(CCCC)c2cc(C)ccc2-c2ccc(C#Cc3ccc(N(CC)CCOc4ccc(O[PH](=S)N(C)N=Cc5ccc(O[PH](=S)N(C)N=Cc6ccc(O/P=N\P=N\N=P)cc6)cc5)cc4)cc3)cc21. The van der Waals surface area contributed by atoms with Crippen LogP contribution in [0.15, 0.2) is 158 Å². The molecule has 0 radical (unpaired) electrons. The molecule has 7 rings (SSSR count). The van der Waals surface area contributed by atoms with E-state index in [1.165, 1.54) is 66.3 Å². The van der Waals surface area contributed by atoms with Gasteiger partial charge in [0.2, 0.25) is 14.1 Å². The van der Waals surface area contributed by atoms with Crippen LogP contribution in [-0.4, -0.2) is 55.8 Å². The lowest BCUT2D eigenvalue weighted by atomic mass is 9.70. The van der Waals surface area contributed by atoms with Crippen molar-refractivity contribution in [3.8, 4) is 46.0 Å². The molecule has 1 aliphatic carbocycles. The van der Waals surface area contributed by atoms with E-state index in [2.05, 4.69) is 139 Å². The molecule has 0 heterocycles. The standard InChI is InChI=1S/C56H63N8O4P5S2/c1-7-10-34-56(35-11-8-2)54-38-42(4)12-32-52(54)53-33-21-44(39-55(53)56)14-13-43-15-22-47(23-16-43)64(9-3)36-37-65-48-28-30-51(31-29-48)68-73(75)63(6)58-41-46-19-26-50(27-20-46)67-72(74)62(5)57-40-45-17-24-49(25-18-45)66-71-61-70-60-59-69/h12,15-33,38-41,69,72-73H,7-11,34-37H2,1-6H3. The number of benzene rings is 6. The molecule has 12 nitrogen and oxygen atoms in total. The van der Waals surface area contributed by atoms with Crippen LogP contribution in [-0.2, 0) is 29.0 Å². The smallest absolute Gasteiger partial charge is 0.253 e. The van der Waals surface area contributed by atoms with E-state index in [0.29, 0.717) is 41.0 Å². The van der Waals surface area contributed by atoms with Gasteiger partial charge in [-0.25, -0.2) is 9.56 Å². The average molecular weight is 1130 g/mol. The largest absolute Gasteiger partial charge is 0.492 e.